The fraction of sp³-hybridized carbons (Fsp3) is 0.667. The quantitative estimate of drug-likeness (QED) is 0.0472. The summed E-state index contributed by atoms with van der Waals surface area (Å²) >= 11 is 0. The van der Waals surface area contributed by atoms with Crippen LogP contribution in [0, 0.1) is 5.92 Å². The normalized spacial score (nSPS) is 14.7. The van der Waals surface area contributed by atoms with Gasteiger partial charge in [0, 0.05) is 13.0 Å². The molecule has 0 aliphatic heterocycles. The fourth-order valence-corrected chi connectivity index (χ4v) is 3.05. The minimum atomic E-state index is -1.47. The van der Waals surface area contributed by atoms with E-state index in [0.29, 0.717) is 6.42 Å². The largest absolute Gasteiger partial charge is 0.480 e. The number of hydrogen-bond donors (Lipinski definition) is 9. The number of nitrogens with zero attached hydrogens (tertiary/aromatic N) is 1. The Kier molecular flexibility index (Phi) is 14.9. The highest BCUT2D eigenvalue weighted by atomic mass is 16.4. The molecule has 0 spiro atoms. The average molecular weight is 530 g/mol. The van der Waals surface area contributed by atoms with Gasteiger partial charge in [0.2, 0.25) is 29.5 Å². The molecule has 0 bridgehead atoms. The first-order valence-electron chi connectivity index (χ1n) is 11.7. The maximum Gasteiger partial charge on any atom is 0.326 e. The van der Waals surface area contributed by atoms with E-state index in [4.69, 9.17) is 28.7 Å². The van der Waals surface area contributed by atoms with E-state index < -0.39 is 66.1 Å². The first-order chi connectivity index (χ1) is 17.2. The van der Waals surface area contributed by atoms with E-state index in [2.05, 4.69) is 20.9 Å². The maximum absolute atomic E-state index is 12.9. The Bertz CT molecular complexity index is 861. The van der Waals surface area contributed by atoms with Crippen molar-refractivity contribution in [1.82, 2.24) is 16.0 Å². The summed E-state index contributed by atoms with van der Waals surface area (Å²) in [4.78, 5) is 76.3. The van der Waals surface area contributed by atoms with Crippen molar-refractivity contribution >= 4 is 41.5 Å². The molecule has 0 rings (SSSR count). The van der Waals surface area contributed by atoms with E-state index in [1.54, 1.807) is 6.92 Å². The Balaban J connectivity index is 5.60. The van der Waals surface area contributed by atoms with Crippen LogP contribution in [0.25, 0.3) is 0 Å². The first-order valence-corrected chi connectivity index (χ1v) is 11.7. The van der Waals surface area contributed by atoms with Crippen LogP contribution in [0.3, 0.4) is 0 Å². The number of carbonyl (C=O) groups excluding carboxylic acids is 5. The van der Waals surface area contributed by atoms with E-state index >= 15 is 0 Å². The predicted molar refractivity (Wildman–Crippen MR) is 133 cm³/mol. The third-order valence-electron chi connectivity index (χ3n) is 5.47. The van der Waals surface area contributed by atoms with Gasteiger partial charge in [-0.2, -0.15) is 0 Å². The zero-order valence-electron chi connectivity index (χ0n) is 21.1. The lowest BCUT2D eigenvalue weighted by Crippen LogP contribution is -2.58. The molecule has 5 atom stereocenters. The van der Waals surface area contributed by atoms with Gasteiger partial charge in [-0.3, -0.25) is 29.0 Å². The number of amides is 5. The highest BCUT2D eigenvalue weighted by Crippen LogP contribution is 2.07. The fourth-order valence-electron chi connectivity index (χ4n) is 3.05. The Morgan fingerprint density at radius 2 is 1.35 bits per heavy atom. The Labute approximate surface area is 214 Å². The second kappa shape index (κ2) is 16.7. The van der Waals surface area contributed by atoms with Crippen molar-refractivity contribution in [1.29, 1.82) is 0 Å². The summed E-state index contributed by atoms with van der Waals surface area (Å²) in [5, 5.41) is 16.4. The van der Waals surface area contributed by atoms with Gasteiger partial charge in [0.1, 0.15) is 18.1 Å². The van der Waals surface area contributed by atoms with Crippen LogP contribution in [0.5, 0.6) is 0 Å². The molecule has 0 radical (unpaired) electrons. The number of primary amides is 2. The van der Waals surface area contributed by atoms with Crippen molar-refractivity contribution < 1.29 is 33.9 Å². The summed E-state index contributed by atoms with van der Waals surface area (Å²) < 4.78 is 0. The smallest absolute Gasteiger partial charge is 0.326 e. The molecule has 0 saturated carbocycles. The summed E-state index contributed by atoms with van der Waals surface area (Å²) in [7, 11) is 0. The number of nitrogens with two attached hydrogens (primary N) is 5. The zero-order chi connectivity index (χ0) is 28.7. The SMILES string of the molecule is CCC(C)C(N)C(=O)NC(CC(N)=O)C(=O)NC(CCC(N)=O)C(=O)NC(CCCN=C(N)N)C(=O)O. The number of hydrogen-bond acceptors (Lipinski definition) is 8. The molecule has 0 aromatic rings. The molecule has 0 aliphatic carbocycles. The van der Waals surface area contributed by atoms with E-state index in [0.717, 1.165) is 0 Å². The van der Waals surface area contributed by atoms with Crippen LogP contribution in [0.1, 0.15) is 52.4 Å². The maximum atomic E-state index is 12.9. The van der Waals surface area contributed by atoms with Crippen LogP contribution in [0.4, 0.5) is 0 Å². The number of carboxylic acid groups (broad SMARTS) is 1. The Hall–Kier alpha value is -3.95. The highest BCUT2D eigenvalue weighted by Gasteiger charge is 2.31. The summed E-state index contributed by atoms with van der Waals surface area (Å²) in [5.41, 5.74) is 26.7. The van der Waals surface area contributed by atoms with Crippen molar-refractivity contribution in [3.05, 3.63) is 0 Å². The van der Waals surface area contributed by atoms with Crippen molar-refractivity contribution in [3.8, 4) is 0 Å². The molecule has 0 fully saturated rings. The number of nitrogens with one attached hydrogen (secondary N) is 3. The molecular formula is C21H39N9O7. The van der Waals surface area contributed by atoms with Crippen LogP contribution in [-0.2, 0) is 28.8 Å². The summed E-state index contributed by atoms with van der Waals surface area (Å²) in [6.45, 7) is 3.67. The Morgan fingerprint density at radius 3 is 1.84 bits per heavy atom. The minimum absolute atomic E-state index is 0.0395. The molecular weight excluding hydrogens is 490 g/mol. The van der Waals surface area contributed by atoms with Crippen LogP contribution >= 0.6 is 0 Å². The third-order valence-corrected chi connectivity index (χ3v) is 5.47. The number of carbonyl (C=O) groups is 6. The monoisotopic (exact) mass is 529 g/mol. The van der Waals surface area contributed by atoms with E-state index in [9.17, 15) is 33.9 Å². The number of aliphatic carboxylic acids is 1. The first kappa shape index (κ1) is 33.0. The summed E-state index contributed by atoms with van der Waals surface area (Å²) in [6.07, 6.45) is -0.452. The molecule has 210 valence electrons. The molecule has 16 heteroatoms. The van der Waals surface area contributed by atoms with Gasteiger partial charge in [-0.15, -0.1) is 0 Å². The van der Waals surface area contributed by atoms with Gasteiger partial charge in [-0.25, -0.2) is 4.79 Å². The minimum Gasteiger partial charge on any atom is -0.480 e. The Morgan fingerprint density at radius 1 is 0.811 bits per heavy atom. The summed E-state index contributed by atoms with van der Waals surface area (Å²) in [6, 6.07) is -5.23. The van der Waals surface area contributed by atoms with Crippen molar-refractivity contribution in [3.63, 3.8) is 0 Å². The van der Waals surface area contributed by atoms with Crippen molar-refractivity contribution in [2.45, 2.75) is 76.5 Å². The van der Waals surface area contributed by atoms with Gasteiger partial charge in [0.05, 0.1) is 12.5 Å². The third kappa shape index (κ3) is 13.6. The van der Waals surface area contributed by atoms with E-state index in [1.165, 1.54) is 0 Å². The van der Waals surface area contributed by atoms with Crippen LogP contribution in [0.2, 0.25) is 0 Å². The molecule has 16 nitrogen and oxygen atoms in total. The molecule has 14 N–H and O–H groups in total. The number of rotatable bonds is 18. The topological polar surface area (TPSA) is 301 Å². The van der Waals surface area contributed by atoms with Gasteiger partial charge >= 0.3 is 5.97 Å². The lowest BCUT2D eigenvalue weighted by atomic mass is 9.99. The molecule has 37 heavy (non-hydrogen) atoms. The zero-order valence-corrected chi connectivity index (χ0v) is 21.1. The lowest BCUT2D eigenvalue weighted by molar-refractivity contribution is -0.142. The van der Waals surface area contributed by atoms with Crippen LogP contribution in [-0.4, -0.2) is 77.3 Å². The lowest BCUT2D eigenvalue weighted by Gasteiger charge is -2.25. The van der Waals surface area contributed by atoms with Crippen LogP contribution < -0.4 is 44.6 Å². The van der Waals surface area contributed by atoms with Gasteiger partial charge < -0.3 is 49.7 Å². The van der Waals surface area contributed by atoms with Gasteiger partial charge in [0.25, 0.3) is 0 Å². The molecule has 0 saturated heterocycles. The van der Waals surface area contributed by atoms with E-state index in [1.807, 2.05) is 6.92 Å². The standard InChI is InChI=1S/C21H39N9O7/c1-3-10(2)16(24)19(35)30-13(9-15(23)32)18(34)28-11(6-7-14(22)31)17(33)29-12(20(36)37)5-4-8-27-21(25)26/h10-13,16H,3-9,24H2,1-2H3,(H2,22,31)(H2,23,32)(H,28,34)(H,29,33)(H,30,35)(H,36,37)(H4,25,26,27). The predicted octanol–water partition coefficient (Wildman–Crippen LogP) is -3.91. The second-order valence-electron chi connectivity index (χ2n) is 8.56. The van der Waals surface area contributed by atoms with Gasteiger partial charge in [-0.1, -0.05) is 20.3 Å². The molecule has 0 aromatic carbocycles. The van der Waals surface area contributed by atoms with Crippen molar-refractivity contribution in [2.24, 2.45) is 39.6 Å². The molecule has 5 unspecified atom stereocenters. The number of aliphatic imine (C=N–C) groups is 1. The molecule has 0 aliphatic rings. The summed E-state index contributed by atoms with van der Waals surface area (Å²) in [5.74, 6) is -6.05. The molecule has 0 aromatic heterocycles. The molecule has 5 amide bonds. The van der Waals surface area contributed by atoms with Crippen molar-refractivity contribution in [2.75, 3.05) is 6.54 Å². The van der Waals surface area contributed by atoms with Gasteiger partial charge in [-0.05, 0) is 25.2 Å². The molecule has 0 heterocycles. The number of carboxylic acids is 1. The van der Waals surface area contributed by atoms with Gasteiger partial charge in [0.15, 0.2) is 5.96 Å². The van der Waals surface area contributed by atoms with E-state index in [-0.39, 0.29) is 44.1 Å². The number of guanidine groups is 1. The van der Waals surface area contributed by atoms with Crippen LogP contribution in [0.15, 0.2) is 4.99 Å². The average Bonchev–Trinajstić information content (AvgIpc) is 2.80. The second-order valence-corrected chi connectivity index (χ2v) is 8.56. The highest BCUT2D eigenvalue weighted by molar-refractivity contribution is 5.96.